The van der Waals surface area contributed by atoms with Gasteiger partial charge in [0.25, 0.3) is 5.56 Å². The number of para-hydroxylation sites is 1. The minimum atomic E-state index is -0.708. The van der Waals surface area contributed by atoms with Crippen LogP contribution < -0.4 is 15.9 Å². The van der Waals surface area contributed by atoms with Gasteiger partial charge in [-0.25, -0.2) is 4.79 Å². The van der Waals surface area contributed by atoms with E-state index in [9.17, 15) is 14.7 Å². The number of rotatable bonds is 4. The van der Waals surface area contributed by atoms with Crippen molar-refractivity contribution in [2.24, 2.45) is 0 Å². The maximum Gasteiger partial charge on any atom is 0.354 e. The standard InChI is InChI=1S/C26H19NO5S/c1-15-7-6-10-18(13-15)33-24-22(28)21-23(32-26(24)30)19-12-11-17(31-2)14-20(19)27(25(21)29)16-8-4-3-5-9-16/h3-14,28H,1-2H3. The first-order valence-electron chi connectivity index (χ1n) is 10.2. The number of pyridine rings is 1. The monoisotopic (exact) mass is 457 g/mol. The number of ether oxygens (including phenoxy) is 1. The minimum Gasteiger partial charge on any atom is -0.505 e. The average molecular weight is 458 g/mol. The second-order valence-corrected chi connectivity index (χ2v) is 8.63. The van der Waals surface area contributed by atoms with Crippen LogP contribution in [0.2, 0.25) is 0 Å². The van der Waals surface area contributed by atoms with Crippen molar-refractivity contribution in [2.45, 2.75) is 16.7 Å². The predicted octanol–water partition coefficient (Wildman–Crippen LogP) is 5.27. The summed E-state index contributed by atoms with van der Waals surface area (Å²) < 4.78 is 12.5. The molecule has 0 radical (unpaired) electrons. The number of hydrogen-bond donors (Lipinski definition) is 1. The molecule has 0 unspecified atom stereocenters. The van der Waals surface area contributed by atoms with Gasteiger partial charge in [0, 0.05) is 22.0 Å². The fraction of sp³-hybridized carbons (Fsp3) is 0.0769. The molecule has 6 nitrogen and oxygen atoms in total. The van der Waals surface area contributed by atoms with E-state index in [0.717, 1.165) is 22.2 Å². The lowest BCUT2D eigenvalue weighted by Crippen LogP contribution is -2.20. The number of nitrogens with zero attached hydrogens (tertiary/aromatic N) is 1. The lowest BCUT2D eigenvalue weighted by molar-refractivity contribution is 0.415. The van der Waals surface area contributed by atoms with Gasteiger partial charge in [0.15, 0.2) is 11.3 Å². The van der Waals surface area contributed by atoms with Crippen molar-refractivity contribution in [2.75, 3.05) is 7.11 Å². The van der Waals surface area contributed by atoms with Crippen LogP contribution in [0.15, 0.2) is 96.6 Å². The summed E-state index contributed by atoms with van der Waals surface area (Å²) in [5, 5.41) is 11.6. The highest BCUT2D eigenvalue weighted by molar-refractivity contribution is 7.99. The fourth-order valence-electron chi connectivity index (χ4n) is 3.85. The van der Waals surface area contributed by atoms with E-state index in [0.29, 0.717) is 22.3 Å². The van der Waals surface area contributed by atoms with E-state index in [2.05, 4.69) is 0 Å². The van der Waals surface area contributed by atoms with E-state index >= 15 is 0 Å². The summed E-state index contributed by atoms with van der Waals surface area (Å²) in [7, 11) is 1.54. The van der Waals surface area contributed by atoms with Gasteiger partial charge in [0.1, 0.15) is 16.0 Å². The molecule has 0 bridgehead atoms. The number of hydrogen-bond acceptors (Lipinski definition) is 6. The second-order valence-electron chi connectivity index (χ2n) is 7.55. The molecule has 0 saturated heterocycles. The van der Waals surface area contributed by atoms with E-state index in [-0.39, 0.29) is 21.6 Å². The first-order chi connectivity index (χ1) is 16.0. The van der Waals surface area contributed by atoms with Crippen LogP contribution in [0.3, 0.4) is 0 Å². The molecule has 0 amide bonds. The van der Waals surface area contributed by atoms with Gasteiger partial charge < -0.3 is 14.3 Å². The summed E-state index contributed by atoms with van der Waals surface area (Å²) in [5.74, 6) is 0.157. The number of aryl methyl sites for hydroxylation is 1. The first-order valence-corrected chi connectivity index (χ1v) is 11.0. The summed E-state index contributed by atoms with van der Waals surface area (Å²) in [6.45, 7) is 1.94. The van der Waals surface area contributed by atoms with Crippen LogP contribution in [-0.4, -0.2) is 16.8 Å². The van der Waals surface area contributed by atoms with Gasteiger partial charge in [0.05, 0.1) is 12.6 Å². The topological polar surface area (TPSA) is 81.7 Å². The fourth-order valence-corrected chi connectivity index (χ4v) is 4.80. The third-order valence-electron chi connectivity index (χ3n) is 5.39. The van der Waals surface area contributed by atoms with Crippen molar-refractivity contribution >= 4 is 33.6 Å². The molecule has 2 aromatic heterocycles. The maximum absolute atomic E-state index is 13.7. The van der Waals surface area contributed by atoms with Crippen LogP contribution in [-0.2, 0) is 0 Å². The van der Waals surface area contributed by atoms with Gasteiger partial charge in [-0.2, -0.15) is 0 Å². The number of aromatic hydroxyl groups is 1. The van der Waals surface area contributed by atoms with Crippen LogP contribution in [0.25, 0.3) is 27.6 Å². The molecule has 0 aliphatic rings. The third-order valence-corrected chi connectivity index (χ3v) is 6.44. The summed E-state index contributed by atoms with van der Waals surface area (Å²) >= 11 is 1.07. The molecular formula is C26H19NO5S. The Hall–Kier alpha value is -3.97. The summed E-state index contributed by atoms with van der Waals surface area (Å²) in [6.07, 6.45) is 0. The van der Waals surface area contributed by atoms with Crippen molar-refractivity contribution in [3.05, 3.63) is 99.1 Å². The van der Waals surface area contributed by atoms with E-state index in [1.165, 1.54) is 11.7 Å². The Kier molecular flexibility index (Phi) is 5.18. The highest BCUT2D eigenvalue weighted by Gasteiger charge is 2.23. The molecule has 164 valence electrons. The molecule has 2 heterocycles. The van der Waals surface area contributed by atoms with Crippen molar-refractivity contribution in [3.8, 4) is 17.2 Å². The minimum absolute atomic E-state index is 0.0299. The van der Waals surface area contributed by atoms with Crippen LogP contribution in [0.5, 0.6) is 11.5 Å². The van der Waals surface area contributed by atoms with Gasteiger partial charge >= 0.3 is 5.63 Å². The number of benzene rings is 3. The number of aromatic nitrogens is 1. The highest BCUT2D eigenvalue weighted by atomic mass is 32.2. The van der Waals surface area contributed by atoms with Crippen molar-refractivity contribution in [3.63, 3.8) is 0 Å². The molecule has 0 spiro atoms. The lowest BCUT2D eigenvalue weighted by atomic mass is 10.1. The quantitative estimate of drug-likeness (QED) is 0.370. The SMILES string of the molecule is COc1ccc2c3oc(=O)c(Sc4cccc(C)c4)c(O)c3c(=O)n(-c3ccccc3)c2c1. The highest BCUT2D eigenvalue weighted by Crippen LogP contribution is 2.38. The van der Waals surface area contributed by atoms with Gasteiger partial charge in [-0.1, -0.05) is 47.7 Å². The average Bonchev–Trinajstić information content (AvgIpc) is 2.82. The largest absolute Gasteiger partial charge is 0.505 e. The predicted molar refractivity (Wildman–Crippen MR) is 129 cm³/mol. The molecule has 5 rings (SSSR count). The smallest absolute Gasteiger partial charge is 0.354 e. The van der Waals surface area contributed by atoms with Gasteiger partial charge in [-0.3, -0.25) is 9.36 Å². The maximum atomic E-state index is 13.7. The molecule has 5 aromatic rings. The van der Waals surface area contributed by atoms with Gasteiger partial charge in [-0.15, -0.1) is 0 Å². The number of fused-ring (bicyclic) bond motifs is 3. The van der Waals surface area contributed by atoms with Crippen LogP contribution in [0.1, 0.15) is 5.56 Å². The summed E-state index contributed by atoms with van der Waals surface area (Å²) in [5.41, 5.74) is 0.961. The van der Waals surface area contributed by atoms with Crippen molar-refractivity contribution < 1.29 is 14.3 Å². The third kappa shape index (κ3) is 3.56. The van der Waals surface area contributed by atoms with E-state index < -0.39 is 11.2 Å². The summed E-state index contributed by atoms with van der Waals surface area (Å²) in [6, 6.07) is 21.7. The van der Waals surface area contributed by atoms with Crippen LogP contribution >= 0.6 is 11.8 Å². The van der Waals surface area contributed by atoms with E-state index in [1.807, 2.05) is 49.4 Å². The zero-order valence-electron chi connectivity index (χ0n) is 17.9. The van der Waals surface area contributed by atoms with Crippen molar-refractivity contribution in [1.29, 1.82) is 0 Å². The lowest BCUT2D eigenvalue weighted by Gasteiger charge is -2.15. The van der Waals surface area contributed by atoms with Crippen LogP contribution in [0.4, 0.5) is 0 Å². The first kappa shape index (κ1) is 20.9. The summed E-state index contributed by atoms with van der Waals surface area (Å²) in [4.78, 5) is 27.3. The molecule has 0 fully saturated rings. The zero-order valence-corrected chi connectivity index (χ0v) is 18.7. The van der Waals surface area contributed by atoms with E-state index in [4.69, 9.17) is 9.15 Å². The Bertz CT molecular complexity index is 1640. The molecule has 0 aliphatic heterocycles. The van der Waals surface area contributed by atoms with Crippen molar-refractivity contribution in [1.82, 2.24) is 4.57 Å². The molecule has 0 atom stereocenters. The Balaban J connectivity index is 1.88. The molecular weight excluding hydrogens is 438 g/mol. The zero-order chi connectivity index (χ0) is 23.1. The normalized spacial score (nSPS) is 11.2. The van der Waals surface area contributed by atoms with Crippen LogP contribution in [0, 0.1) is 6.92 Å². The van der Waals surface area contributed by atoms with Gasteiger partial charge in [-0.05, 0) is 43.3 Å². The molecule has 33 heavy (non-hydrogen) atoms. The van der Waals surface area contributed by atoms with Gasteiger partial charge in [0.2, 0.25) is 0 Å². The molecule has 0 aliphatic carbocycles. The Labute approximate surface area is 192 Å². The Morgan fingerprint density at radius 2 is 1.76 bits per heavy atom. The molecule has 0 saturated carbocycles. The molecule has 1 N–H and O–H groups in total. The van der Waals surface area contributed by atoms with E-state index in [1.54, 1.807) is 30.3 Å². The Morgan fingerprint density at radius 3 is 2.48 bits per heavy atom. The second kappa shape index (κ2) is 8.18. The molecule has 3 aromatic carbocycles. The Morgan fingerprint density at radius 1 is 0.970 bits per heavy atom. The number of methoxy groups -OCH3 is 1. The molecule has 7 heteroatoms.